The largest absolute Gasteiger partial charge is 0.318 e. The molecule has 8 heteroatoms. The molecule has 1 saturated carbocycles. The van der Waals surface area contributed by atoms with Crippen LogP contribution in [-0.4, -0.2) is 31.5 Å². The Balaban J connectivity index is 1.47. The van der Waals surface area contributed by atoms with Crippen LogP contribution in [0.1, 0.15) is 49.1 Å². The average molecular weight is 450 g/mol. The third-order valence-electron chi connectivity index (χ3n) is 6.28. The lowest BCUT2D eigenvalue weighted by Gasteiger charge is -2.20. The number of thioether (sulfide) groups is 1. The Labute approximate surface area is 190 Å². The number of amidine groups is 2. The average Bonchev–Trinajstić information content (AvgIpc) is 3.33. The molecule has 1 fully saturated rings. The molecule has 1 amide bonds. The normalized spacial score (nSPS) is 20.6. The van der Waals surface area contributed by atoms with Gasteiger partial charge in [-0.05, 0) is 80.4 Å². The van der Waals surface area contributed by atoms with E-state index in [0.29, 0.717) is 11.1 Å². The highest BCUT2D eigenvalue weighted by Gasteiger charge is 2.38. The van der Waals surface area contributed by atoms with E-state index in [0.717, 1.165) is 40.5 Å². The van der Waals surface area contributed by atoms with Crippen molar-refractivity contribution in [2.45, 2.75) is 46.0 Å². The predicted molar refractivity (Wildman–Crippen MR) is 127 cm³/mol. The standard InChI is InChI=1S/C24H24FN5OS/c1-14-12-17(15(2)29(14)19-10-8-18(25)9-11-19)13-20-21(26)30-24(27-22(20)31)32-23(28-30)16-6-4-3-5-7-16/h8-13,16,26H,3-7H2,1-2H3/b20-13-,26-21?. The van der Waals surface area contributed by atoms with E-state index in [2.05, 4.69) is 10.1 Å². The van der Waals surface area contributed by atoms with E-state index in [-0.39, 0.29) is 17.2 Å². The SMILES string of the molecule is Cc1cc(/C=C2/C(=N)N3N=C(C4CCCCC4)SC3=NC2=O)c(C)n1-c1ccc(F)cc1. The monoisotopic (exact) mass is 449 g/mol. The molecule has 2 aliphatic heterocycles. The van der Waals surface area contributed by atoms with Gasteiger partial charge in [0.25, 0.3) is 5.91 Å². The number of carbonyl (C=O) groups excluding carboxylic acids is 1. The Morgan fingerprint density at radius 3 is 2.59 bits per heavy atom. The first kappa shape index (κ1) is 20.9. The molecule has 3 heterocycles. The zero-order chi connectivity index (χ0) is 22.4. The number of hydrogen-bond donors (Lipinski definition) is 1. The molecule has 0 radical (unpaired) electrons. The van der Waals surface area contributed by atoms with Gasteiger partial charge < -0.3 is 4.57 Å². The third-order valence-corrected chi connectivity index (χ3v) is 7.35. The van der Waals surface area contributed by atoms with Crippen molar-refractivity contribution in [1.29, 1.82) is 5.41 Å². The van der Waals surface area contributed by atoms with Gasteiger partial charge in [0.15, 0.2) is 5.84 Å². The predicted octanol–water partition coefficient (Wildman–Crippen LogP) is 5.43. The van der Waals surface area contributed by atoms with Crippen LogP contribution in [-0.2, 0) is 4.79 Å². The number of aromatic nitrogens is 1. The van der Waals surface area contributed by atoms with Crippen molar-refractivity contribution >= 4 is 39.8 Å². The van der Waals surface area contributed by atoms with Crippen molar-refractivity contribution in [2.24, 2.45) is 16.0 Å². The van der Waals surface area contributed by atoms with Gasteiger partial charge in [-0.3, -0.25) is 10.2 Å². The molecule has 0 atom stereocenters. The Hall–Kier alpha value is -3.00. The Morgan fingerprint density at radius 1 is 1.16 bits per heavy atom. The van der Waals surface area contributed by atoms with Gasteiger partial charge in [-0.1, -0.05) is 19.3 Å². The summed E-state index contributed by atoms with van der Waals surface area (Å²) in [4.78, 5) is 17.0. The molecule has 2 aromatic rings. The van der Waals surface area contributed by atoms with Crippen LogP contribution in [0.25, 0.3) is 11.8 Å². The number of hydrogen-bond acceptors (Lipinski definition) is 4. The van der Waals surface area contributed by atoms with Crippen LogP contribution in [0.3, 0.4) is 0 Å². The molecule has 1 aliphatic carbocycles. The molecule has 32 heavy (non-hydrogen) atoms. The van der Waals surface area contributed by atoms with Gasteiger partial charge in [0, 0.05) is 23.0 Å². The highest BCUT2D eigenvalue weighted by Crippen LogP contribution is 2.36. The second-order valence-electron chi connectivity index (χ2n) is 8.43. The molecule has 6 nitrogen and oxygen atoms in total. The second kappa shape index (κ2) is 8.16. The fourth-order valence-corrected chi connectivity index (χ4v) is 5.66. The molecule has 0 unspecified atom stereocenters. The molecule has 0 spiro atoms. The molecule has 5 rings (SSSR count). The van der Waals surface area contributed by atoms with Crippen LogP contribution in [0.4, 0.5) is 4.39 Å². The molecule has 1 aromatic carbocycles. The maximum atomic E-state index is 13.3. The Kier molecular flexibility index (Phi) is 5.33. The number of fused-ring (bicyclic) bond motifs is 1. The first-order valence-electron chi connectivity index (χ1n) is 10.9. The lowest BCUT2D eigenvalue weighted by Crippen LogP contribution is -2.35. The van der Waals surface area contributed by atoms with Crippen molar-refractivity contribution in [1.82, 2.24) is 9.58 Å². The summed E-state index contributed by atoms with van der Waals surface area (Å²) >= 11 is 1.43. The van der Waals surface area contributed by atoms with E-state index in [9.17, 15) is 9.18 Å². The van der Waals surface area contributed by atoms with E-state index < -0.39 is 5.91 Å². The van der Waals surface area contributed by atoms with Gasteiger partial charge in [-0.15, -0.1) is 0 Å². The van der Waals surface area contributed by atoms with Gasteiger partial charge in [0.2, 0.25) is 5.17 Å². The molecule has 164 valence electrons. The second-order valence-corrected chi connectivity index (χ2v) is 9.42. The topological polar surface area (TPSA) is 73.8 Å². The minimum absolute atomic E-state index is 0.0601. The van der Waals surface area contributed by atoms with Crippen LogP contribution < -0.4 is 0 Å². The van der Waals surface area contributed by atoms with Crippen molar-refractivity contribution in [3.63, 3.8) is 0 Å². The summed E-state index contributed by atoms with van der Waals surface area (Å²) < 4.78 is 15.4. The maximum Gasteiger partial charge on any atom is 0.283 e. The van der Waals surface area contributed by atoms with E-state index in [4.69, 9.17) is 5.41 Å². The summed E-state index contributed by atoms with van der Waals surface area (Å²) in [7, 11) is 0. The number of nitrogens with zero attached hydrogens (tertiary/aromatic N) is 4. The lowest BCUT2D eigenvalue weighted by molar-refractivity contribution is -0.114. The van der Waals surface area contributed by atoms with Crippen LogP contribution in [0, 0.1) is 31.0 Å². The summed E-state index contributed by atoms with van der Waals surface area (Å²) in [5.74, 6) is -0.248. The number of aryl methyl sites for hydroxylation is 1. The summed E-state index contributed by atoms with van der Waals surface area (Å²) in [5.41, 5.74) is 3.74. The summed E-state index contributed by atoms with van der Waals surface area (Å²) in [6.07, 6.45) is 7.57. The number of carbonyl (C=O) groups is 1. The van der Waals surface area contributed by atoms with Gasteiger partial charge >= 0.3 is 0 Å². The van der Waals surface area contributed by atoms with E-state index in [1.165, 1.54) is 48.2 Å². The minimum atomic E-state index is -0.416. The van der Waals surface area contributed by atoms with Crippen LogP contribution in [0.2, 0.25) is 0 Å². The van der Waals surface area contributed by atoms with Crippen LogP contribution >= 0.6 is 11.8 Å². The van der Waals surface area contributed by atoms with Crippen molar-refractivity contribution in [2.75, 3.05) is 0 Å². The van der Waals surface area contributed by atoms with Crippen LogP contribution in [0.15, 0.2) is 46.0 Å². The van der Waals surface area contributed by atoms with Crippen molar-refractivity contribution < 1.29 is 9.18 Å². The maximum absolute atomic E-state index is 13.3. The molecular weight excluding hydrogens is 425 g/mol. The Bertz CT molecular complexity index is 1200. The first-order chi connectivity index (χ1) is 15.4. The fraction of sp³-hybridized carbons (Fsp3) is 0.333. The molecule has 0 saturated heterocycles. The van der Waals surface area contributed by atoms with Crippen LogP contribution in [0.5, 0.6) is 0 Å². The number of aliphatic imine (C=N–C) groups is 1. The molecule has 1 aromatic heterocycles. The summed E-state index contributed by atoms with van der Waals surface area (Å²) in [6, 6.07) is 8.26. The summed E-state index contributed by atoms with van der Waals surface area (Å²) in [5, 5.41) is 16.3. The highest BCUT2D eigenvalue weighted by molar-refractivity contribution is 8.27. The van der Waals surface area contributed by atoms with E-state index in [1.807, 2.05) is 24.5 Å². The Morgan fingerprint density at radius 2 is 1.88 bits per heavy atom. The minimum Gasteiger partial charge on any atom is -0.318 e. The molecule has 1 N–H and O–H groups in total. The molecule has 0 bridgehead atoms. The number of hydrazone groups is 1. The smallest absolute Gasteiger partial charge is 0.283 e. The quantitative estimate of drug-likeness (QED) is 0.635. The number of amides is 1. The number of rotatable bonds is 3. The molecule has 3 aliphatic rings. The zero-order valence-electron chi connectivity index (χ0n) is 18.1. The number of halogens is 1. The number of benzene rings is 1. The van der Waals surface area contributed by atoms with Crippen molar-refractivity contribution in [3.8, 4) is 5.69 Å². The number of nitrogens with one attached hydrogen (secondary N) is 1. The highest BCUT2D eigenvalue weighted by atomic mass is 32.2. The third kappa shape index (κ3) is 3.62. The van der Waals surface area contributed by atoms with E-state index >= 15 is 0 Å². The first-order valence-corrected chi connectivity index (χ1v) is 11.7. The van der Waals surface area contributed by atoms with E-state index in [1.54, 1.807) is 18.2 Å². The fourth-order valence-electron chi connectivity index (χ4n) is 4.60. The zero-order valence-corrected chi connectivity index (χ0v) is 18.9. The van der Waals surface area contributed by atoms with Gasteiger partial charge in [0.05, 0.1) is 5.57 Å². The summed E-state index contributed by atoms with van der Waals surface area (Å²) in [6.45, 7) is 3.90. The lowest BCUT2D eigenvalue weighted by atomic mass is 9.90. The van der Waals surface area contributed by atoms with Gasteiger partial charge in [0.1, 0.15) is 10.9 Å². The van der Waals surface area contributed by atoms with Gasteiger partial charge in [-0.25, -0.2) is 4.39 Å². The van der Waals surface area contributed by atoms with Gasteiger partial charge in [-0.2, -0.15) is 15.1 Å². The van der Waals surface area contributed by atoms with Crippen molar-refractivity contribution in [3.05, 3.63) is 58.7 Å². The molecular formula is C24H24FN5OS.